The van der Waals surface area contributed by atoms with Crippen LogP contribution in [0.25, 0.3) is 0 Å². The van der Waals surface area contributed by atoms with E-state index in [1.165, 1.54) is 30.1 Å². The summed E-state index contributed by atoms with van der Waals surface area (Å²) in [7, 11) is 0. The molecule has 0 bridgehead atoms. The monoisotopic (exact) mass is 545 g/mol. The molecule has 0 fully saturated rings. The summed E-state index contributed by atoms with van der Waals surface area (Å²) < 4.78 is 15.3. The highest BCUT2D eigenvalue weighted by molar-refractivity contribution is 8.01. The molecule has 14 heteroatoms. The van der Waals surface area contributed by atoms with E-state index in [1.54, 1.807) is 6.07 Å². The third kappa shape index (κ3) is 3.92. The van der Waals surface area contributed by atoms with Crippen molar-refractivity contribution < 1.29 is 18.8 Å². The Morgan fingerprint density at radius 3 is 2.46 bits per heavy atom. The van der Waals surface area contributed by atoms with Gasteiger partial charge in [-0.3, -0.25) is 24.3 Å². The summed E-state index contributed by atoms with van der Waals surface area (Å²) in [5, 5.41) is 4.57. The quantitative estimate of drug-likeness (QED) is 0.491. The lowest BCUT2D eigenvalue weighted by molar-refractivity contribution is -0.118. The number of fused-ring (bicyclic) bond motifs is 3. The summed E-state index contributed by atoms with van der Waals surface area (Å²) in [6, 6.07) is 4.36. The van der Waals surface area contributed by atoms with Gasteiger partial charge in [0.15, 0.2) is 11.6 Å². The fourth-order valence-electron chi connectivity index (χ4n) is 3.71. The maximum absolute atomic E-state index is 15.3. The van der Waals surface area contributed by atoms with E-state index in [1.807, 2.05) is 0 Å². The Balaban J connectivity index is 1.48. The van der Waals surface area contributed by atoms with E-state index in [2.05, 4.69) is 31.8 Å². The number of thioether (sulfide) groups is 3. The van der Waals surface area contributed by atoms with Gasteiger partial charge in [-0.1, -0.05) is 11.6 Å². The predicted molar refractivity (Wildman–Crippen MR) is 131 cm³/mol. The molecule has 6 heterocycles. The second kappa shape index (κ2) is 8.66. The average Bonchev–Trinajstić information content (AvgIpc) is 2.84. The fourth-order valence-corrected chi connectivity index (χ4v) is 6.81. The van der Waals surface area contributed by atoms with Crippen molar-refractivity contribution >= 4 is 87.7 Å². The summed E-state index contributed by atoms with van der Waals surface area (Å²) in [5.41, 5.74) is 0.555. The van der Waals surface area contributed by atoms with Crippen LogP contribution in [-0.4, -0.2) is 44.2 Å². The van der Waals surface area contributed by atoms with Gasteiger partial charge in [0.1, 0.15) is 16.9 Å². The number of carbonyl (C=O) groups excluding carboxylic acids is 3. The lowest BCUT2D eigenvalue weighted by Crippen LogP contribution is -2.36. The molecule has 0 spiro atoms. The standard InChI is InChI=1S/C21H11ClFN6O3S3/c22-8-3-11-18(25-14(30)6-33-11)27-16(8)17-21(32)29(10-1-2-24-5-13(10)35-17)20-9(23)4-12-19(28-20)26-15(31)7-34-12/h1,3-5,17H,6-7H2,(H,25,27,30)(H,26,28,31). The molecule has 3 aliphatic heterocycles. The lowest BCUT2D eigenvalue weighted by atomic mass is 10.2. The van der Waals surface area contributed by atoms with Gasteiger partial charge in [-0.25, -0.2) is 14.4 Å². The molecule has 6 rings (SSSR count). The number of nitrogens with zero attached hydrogens (tertiary/aromatic N) is 4. The highest BCUT2D eigenvalue weighted by Crippen LogP contribution is 2.51. The van der Waals surface area contributed by atoms with Crippen LogP contribution in [0.1, 0.15) is 10.9 Å². The summed E-state index contributed by atoms with van der Waals surface area (Å²) in [6.45, 7) is 0. The third-order valence-electron chi connectivity index (χ3n) is 5.22. The first-order valence-corrected chi connectivity index (χ1v) is 13.2. The molecule has 0 aliphatic carbocycles. The number of nitrogens with one attached hydrogen (secondary N) is 2. The number of halogens is 2. The van der Waals surface area contributed by atoms with Crippen LogP contribution < -0.4 is 15.5 Å². The Bertz CT molecular complexity index is 1460. The van der Waals surface area contributed by atoms with E-state index >= 15 is 4.39 Å². The molecule has 9 nitrogen and oxygen atoms in total. The molecule has 3 aromatic rings. The zero-order valence-corrected chi connectivity index (χ0v) is 20.5. The molecule has 2 N–H and O–H groups in total. The first-order chi connectivity index (χ1) is 16.9. The number of rotatable bonds is 2. The van der Waals surface area contributed by atoms with Gasteiger partial charge >= 0.3 is 0 Å². The van der Waals surface area contributed by atoms with Crippen molar-refractivity contribution in [3.8, 4) is 0 Å². The SMILES string of the molecule is O=C1CSc2cc(Cl)c(C3Sc4cn[c]cc4N(c4nc5c(cc4F)SCC(=O)N5)C3=O)nc2N1. The van der Waals surface area contributed by atoms with Gasteiger partial charge in [-0.2, -0.15) is 0 Å². The number of anilines is 4. The molecule has 3 aromatic heterocycles. The van der Waals surface area contributed by atoms with Crippen molar-refractivity contribution in [1.29, 1.82) is 0 Å². The molecule has 0 aromatic carbocycles. The van der Waals surface area contributed by atoms with Gasteiger partial charge < -0.3 is 10.6 Å². The van der Waals surface area contributed by atoms with Crippen LogP contribution in [0.5, 0.6) is 0 Å². The summed E-state index contributed by atoms with van der Waals surface area (Å²) in [5.74, 6) is -1.16. The highest BCUT2D eigenvalue weighted by Gasteiger charge is 2.40. The summed E-state index contributed by atoms with van der Waals surface area (Å²) in [4.78, 5) is 53.2. The number of amides is 3. The Morgan fingerprint density at radius 1 is 1.03 bits per heavy atom. The van der Waals surface area contributed by atoms with Crippen LogP contribution in [0.15, 0.2) is 39.1 Å². The van der Waals surface area contributed by atoms with Gasteiger partial charge in [0.25, 0.3) is 5.91 Å². The van der Waals surface area contributed by atoms with Crippen molar-refractivity contribution in [2.75, 3.05) is 27.0 Å². The minimum absolute atomic E-state index is 0.148. The molecular weight excluding hydrogens is 535 g/mol. The fraction of sp³-hybridized carbons (Fsp3) is 0.143. The van der Waals surface area contributed by atoms with Crippen LogP contribution >= 0.6 is 46.9 Å². The molecule has 35 heavy (non-hydrogen) atoms. The highest BCUT2D eigenvalue weighted by atomic mass is 35.5. The summed E-state index contributed by atoms with van der Waals surface area (Å²) >= 11 is 10.1. The zero-order chi connectivity index (χ0) is 24.3. The van der Waals surface area contributed by atoms with Crippen molar-refractivity contribution in [1.82, 2.24) is 15.0 Å². The zero-order valence-electron chi connectivity index (χ0n) is 17.3. The number of hydrogen-bond donors (Lipinski definition) is 2. The second-order valence-corrected chi connectivity index (χ2v) is 11.1. The number of aromatic nitrogens is 3. The van der Waals surface area contributed by atoms with Crippen molar-refractivity contribution in [2.24, 2.45) is 0 Å². The summed E-state index contributed by atoms with van der Waals surface area (Å²) in [6.07, 6.45) is 4.17. The van der Waals surface area contributed by atoms with E-state index < -0.39 is 17.0 Å². The van der Waals surface area contributed by atoms with Gasteiger partial charge in [0.2, 0.25) is 11.8 Å². The van der Waals surface area contributed by atoms with E-state index in [0.29, 0.717) is 26.2 Å². The molecule has 1 radical (unpaired) electrons. The van der Waals surface area contributed by atoms with E-state index in [9.17, 15) is 14.4 Å². The number of pyridine rings is 3. The number of hydrogen-bond acceptors (Lipinski definition) is 9. The van der Waals surface area contributed by atoms with Crippen LogP contribution in [-0.2, 0) is 14.4 Å². The van der Waals surface area contributed by atoms with E-state index in [-0.39, 0.29) is 45.7 Å². The first-order valence-electron chi connectivity index (χ1n) is 10.0. The minimum Gasteiger partial charge on any atom is -0.309 e. The molecule has 1 atom stereocenters. The molecule has 3 amide bonds. The van der Waals surface area contributed by atoms with Crippen molar-refractivity contribution in [2.45, 2.75) is 19.9 Å². The van der Waals surface area contributed by atoms with Crippen molar-refractivity contribution in [3.63, 3.8) is 0 Å². The predicted octanol–water partition coefficient (Wildman–Crippen LogP) is 4.06. The molecule has 1 unspecified atom stereocenters. The first kappa shape index (κ1) is 22.6. The maximum Gasteiger partial charge on any atom is 0.252 e. The topological polar surface area (TPSA) is 117 Å². The second-order valence-electron chi connectivity index (χ2n) is 7.47. The van der Waals surface area contributed by atoms with Crippen LogP contribution in [0, 0.1) is 12.0 Å². The van der Waals surface area contributed by atoms with Gasteiger partial charge in [-0.05, 0) is 18.2 Å². The van der Waals surface area contributed by atoms with E-state index in [4.69, 9.17) is 11.6 Å². The lowest BCUT2D eigenvalue weighted by Gasteiger charge is -2.33. The van der Waals surface area contributed by atoms with Crippen molar-refractivity contribution in [3.05, 3.63) is 47.1 Å². The minimum atomic E-state index is -0.977. The van der Waals surface area contributed by atoms with Gasteiger partial charge in [0.05, 0.1) is 48.8 Å². The van der Waals surface area contributed by atoms with E-state index in [0.717, 1.165) is 28.4 Å². The Labute approximate surface area is 215 Å². The Kier molecular flexibility index (Phi) is 5.59. The smallest absolute Gasteiger partial charge is 0.252 e. The normalized spacial score (nSPS) is 18.9. The molecular formula is C21H11ClFN6O3S3. The van der Waals surface area contributed by atoms with Gasteiger partial charge in [-0.15, -0.1) is 35.3 Å². The van der Waals surface area contributed by atoms with Gasteiger partial charge in [0, 0.05) is 6.20 Å². The molecule has 3 aliphatic rings. The maximum atomic E-state index is 15.3. The molecule has 0 saturated heterocycles. The van der Waals surface area contributed by atoms with Crippen LogP contribution in [0.3, 0.4) is 0 Å². The number of carbonyl (C=O) groups is 3. The van der Waals surface area contributed by atoms with Crippen LogP contribution in [0.4, 0.5) is 27.5 Å². The molecule has 175 valence electrons. The molecule has 0 saturated carbocycles. The average molecular weight is 546 g/mol. The third-order valence-corrected chi connectivity index (χ3v) is 8.81. The largest absolute Gasteiger partial charge is 0.309 e. The van der Waals surface area contributed by atoms with Crippen LogP contribution in [0.2, 0.25) is 5.02 Å². The Morgan fingerprint density at radius 2 is 1.71 bits per heavy atom. The Hall–Kier alpha value is -2.87.